The van der Waals surface area contributed by atoms with Gasteiger partial charge < -0.3 is 14.6 Å². The summed E-state index contributed by atoms with van der Waals surface area (Å²) < 4.78 is 37.7. The van der Waals surface area contributed by atoms with Crippen molar-refractivity contribution < 1.29 is 32.6 Å². The molecule has 0 amide bonds. The lowest BCUT2D eigenvalue weighted by Crippen LogP contribution is -2.41. The topological polar surface area (TPSA) is 119 Å². The molecule has 0 aromatic heterocycles. The van der Waals surface area contributed by atoms with Gasteiger partial charge in [0, 0.05) is 6.42 Å². The molecule has 0 saturated carbocycles. The average Bonchev–Trinajstić information content (AvgIpc) is 2.97. The molecule has 2 N–H and O–H groups in total. The first-order chi connectivity index (χ1) is 12.1. The van der Waals surface area contributed by atoms with Crippen molar-refractivity contribution in [3.05, 3.63) is 23.8 Å². The smallest absolute Gasteiger partial charge is 0.347 e. The second kappa shape index (κ2) is 8.05. The molecule has 1 unspecified atom stereocenters. The number of carboxylic acid groups (broad SMARTS) is 1. The fourth-order valence-corrected chi connectivity index (χ4v) is 3.94. The molecule has 144 valence electrons. The van der Waals surface area contributed by atoms with E-state index in [0.29, 0.717) is 11.3 Å². The fraction of sp³-hybridized carbons (Fsp3) is 0.529. The Hall–Kier alpha value is -2.13. The van der Waals surface area contributed by atoms with E-state index in [2.05, 4.69) is 4.72 Å². The standard InChI is InChI=1S/C17H23NO7S/c1-4-24-17(21)15-9-11-8-12(5-6-14(11)25-15)26(22,23)18-13(16(19)20)7-10(2)3/h5-6,8,10,13,15,18H,4,7,9H2,1-3H3,(H,19,20)/t13-,15?/m0/s1. The van der Waals surface area contributed by atoms with Gasteiger partial charge in [-0.2, -0.15) is 4.72 Å². The molecule has 8 nitrogen and oxygen atoms in total. The van der Waals surface area contributed by atoms with E-state index in [1.165, 1.54) is 18.2 Å². The summed E-state index contributed by atoms with van der Waals surface area (Å²) in [5.41, 5.74) is 0.557. The predicted molar refractivity (Wildman–Crippen MR) is 92.4 cm³/mol. The average molecular weight is 385 g/mol. The van der Waals surface area contributed by atoms with Crippen molar-refractivity contribution in [1.82, 2.24) is 4.72 Å². The number of hydrogen-bond donors (Lipinski definition) is 2. The first-order valence-electron chi connectivity index (χ1n) is 8.35. The molecular formula is C17H23NO7S. The molecule has 1 aromatic carbocycles. The van der Waals surface area contributed by atoms with Gasteiger partial charge in [-0.1, -0.05) is 13.8 Å². The van der Waals surface area contributed by atoms with Gasteiger partial charge in [0.1, 0.15) is 11.8 Å². The number of fused-ring (bicyclic) bond motifs is 1. The SMILES string of the molecule is CCOC(=O)C1Cc2cc(S(=O)(=O)N[C@@H](CC(C)C)C(=O)O)ccc2O1. The van der Waals surface area contributed by atoms with Gasteiger partial charge in [0.05, 0.1) is 11.5 Å². The van der Waals surface area contributed by atoms with Gasteiger partial charge in [0.25, 0.3) is 0 Å². The number of rotatable bonds is 8. The maximum Gasteiger partial charge on any atom is 0.347 e. The van der Waals surface area contributed by atoms with Crippen LogP contribution in [0.15, 0.2) is 23.1 Å². The monoisotopic (exact) mass is 385 g/mol. The van der Waals surface area contributed by atoms with Crippen LogP contribution in [0.5, 0.6) is 5.75 Å². The number of esters is 1. The molecule has 1 heterocycles. The largest absolute Gasteiger partial charge is 0.480 e. The lowest BCUT2D eigenvalue weighted by Gasteiger charge is -2.16. The Morgan fingerprint density at radius 3 is 2.65 bits per heavy atom. The van der Waals surface area contributed by atoms with Crippen LogP contribution in [0.4, 0.5) is 0 Å². The summed E-state index contributed by atoms with van der Waals surface area (Å²) in [6, 6.07) is 2.96. The van der Waals surface area contributed by atoms with Crippen LogP contribution in [-0.4, -0.2) is 44.2 Å². The molecule has 0 saturated heterocycles. The van der Waals surface area contributed by atoms with Gasteiger partial charge in [-0.05, 0) is 43.0 Å². The molecular weight excluding hydrogens is 362 g/mol. The molecule has 2 rings (SSSR count). The number of aliphatic carboxylic acids is 1. The van der Waals surface area contributed by atoms with Crippen LogP contribution in [-0.2, 0) is 30.8 Å². The Balaban J connectivity index is 2.19. The minimum absolute atomic E-state index is 0.0116. The zero-order valence-corrected chi connectivity index (χ0v) is 15.7. The summed E-state index contributed by atoms with van der Waals surface area (Å²) in [5.74, 6) is -1.31. The molecule has 1 aliphatic rings. The predicted octanol–water partition coefficient (Wildman–Crippen LogP) is 1.33. The summed E-state index contributed by atoms with van der Waals surface area (Å²) in [6.45, 7) is 5.54. The third-order valence-corrected chi connectivity index (χ3v) is 5.34. The van der Waals surface area contributed by atoms with Gasteiger partial charge in [-0.25, -0.2) is 13.2 Å². The van der Waals surface area contributed by atoms with Gasteiger partial charge in [-0.15, -0.1) is 0 Å². The van der Waals surface area contributed by atoms with Crippen LogP contribution in [0, 0.1) is 5.92 Å². The van der Waals surface area contributed by atoms with Crippen molar-refractivity contribution in [1.29, 1.82) is 0 Å². The number of nitrogens with one attached hydrogen (secondary N) is 1. The van der Waals surface area contributed by atoms with Gasteiger partial charge in [-0.3, -0.25) is 4.79 Å². The van der Waals surface area contributed by atoms with Crippen LogP contribution < -0.4 is 9.46 Å². The lowest BCUT2D eigenvalue weighted by molar-refractivity contribution is -0.150. The highest BCUT2D eigenvalue weighted by Crippen LogP contribution is 2.31. The number of hydrogen-bond acceptors (Lipinski definition) is 6. The highest BCUT2D eigenvalue weighted by atomic mass is 32.2. The van der Waals surface area contributed by atoms with E-state index in [9.17, 15) is 23.1 Å². The molecule has 1 aromatic rings. The Bertz CT molecular complexity index is 788. The van der Waals surface area contributed by atoms with Crippen molar-refractivity contribution in [2.75, 3.05) is 6.61 Å². The van der Waals surface area contributed by atoms with E-state index in [-0.39, 0.29) is 30.3 Å². The zero-order valence-electron chi connectivity index (χ0n) is 14.9. The summed E-state index contributed by atoms with van der Waals surface area (Å²) in [6.07, 6.45) is -0.428. The van der Waals surface area contributed by atoms with Gasteiger partial charge >= 0.3 is 11.9 Å². The van der Waals surface area contributed by atoms with Gasteiger partial charge in [0.2, 0.25) is 10.0 Å². The first-order valence-corrected chi connectivity index (χ1v) is 9.83. The molecule has 1 aliphatic heterocycles. The minimum Gasteiger partial charge on any atom is -0.480 e. The minimum atomic E-state index is -4.02. The molecule has 2 atom stereocenters. The normalized spacial score (nSPS) is 17.5. The molecule has 0 radical (unpaired) electrons. The van der Waals surface area contributed by atoms with Crippen molar-refractivity contribution in [2.45, 2.75) is 50.7 Å². The number of benzene rings is 1. The van der Waals surface area contributed by atoms with Crippen molar-refractivity contribution in [3.63, 3.8) is 0 Å². The highest BCUT2D eigenvalue weighted by molar-refractivity contribution is 7.89. The van der Waals surface area contributed by atoms with Crippen LogP contribution in [0.3, 0.4) is 0 Å². The lowest BCUT2D eigenvalue weighted by atomic mass is 10.1. The molecule has 0 fully saturated rings. The molecule has 0 aliphatic carbocycles. The Labute approximate surface area is 152 Å². The van der Waals surface area contributed by atoms with Crippen molar-refractivity contribution in [2.24, 2.45) is 5.92 Å². The summed E-state index contributed by atoms with van der Waals surface area (Å²) in [7, 11) is -4.02. The number of carboxylic acids is 1. The maximum absolute atomic E-state index is 12.5. The number of sulfonamides is 1. The van der Waals surface area contributed by atoms with Crippen LogP contribution in [0.25, 0.3) is 0 Å². The zero-order chi connectivity index (χ0) is 19.5. The Morgan fingerprint density at radius 1 is 1.38 bits per heavy atom. The second-order valence-corrected chi connectivity index (χ2v) is 8.19. The van der Waals surface area contributed by atoms with E-state index in [4.69, 9.17) is 9.47 Å². The summed E-state index contributed by atoms with van der Waals surface area (Å²) >= 11 is 0. The maximum atomic E-state index is 12.5. The van der Waals surface area contributed by atoms with Gasteiger partial charge in [0.15, 0.2) is 6.10 Å². The highest BCUT2D eigenvalue weighted by Gasteiger charge is 2.32. The quantitative estimate of drug-likeness (QED) is 0.648. The second-order valence-electron chi connectivity index (χ2n) is 6.47. The van der Waals surface area contributed by atoms with E-state index < -0.39 is 34.1 Å². The number of ether oxygens (including phenoxy) is 2. The summed E-state index contributed by atoms with van der Waals surface area (Å²) in [4.78, 5) is 23.0. The van der Waals surface area contributed by atoms with E-state index >= 15 is 0 Å². The van der Waals surface area contributed by atoms with Crippen LogP contribution in [0.2, 0.25) is 0 Å². The first kappa shape index (κ1) is 20.2. The third kappa shape index (κ3) is 4.73. The fourth-order valence-electron chi connectivity index (χ4n) is 2.68. The third-order valence-electron chi connectivity index (χ3n) is 3.87. The molecule has 0 spiro atoms. The number of carbonyl (C=O) groups excluding carboxylic acids is 1. The van der Waals surface area contributed by atoms with E-state index in [0.717, 1.165) is 0 Å². The Kier molecular flexibility index (Phi) is 6.25. The summed E-state index contributed by atoms with van der Waals surface area (Å²) in [5, 5.41) is 9.24. The van der Waals surface area contributed by atoms with E-state index in [1.54, 1.807) is 6.92 Å². The molecule has 0 bridgehead atoms. The molecule has 9 heteroatoms. The number of carbonyl (C=O) groups is 2. The van der Waals surface area contributed by atoms with Crippen LogP contribution >= 0.6 is 0 Å². The van der Waals surface area contributed by atoms with Crippen LogP contribution in [0.1, 0.15) is 32.8 Å². The van der Waals surface area contributed by atoms with Crippen molar-refractivity contribution in [3.8, 4) is 5.75 Å². The van der Waals surface area contributed by atoms with Crippen molar-refractivity contribution >= 4 is 22.0 Å². The molecule has 26 heavy (non-hydrogen) atoms. The Morgan fingerprint density at radius 2 is 2.08 bits per heavy atom. The van der Waals surface area contributed by atoms with E-state index in [1.807, 2.05) is 13.8 Å².